The maximum absolute atomic E-state index is 5.30. The van der Waals surface area contributed by atoms with Crippen LogP contribution in [-0.2, 0) is 0 Å². The van der Waals surface area contributed by atoms with Gasteiger partial charge in [-0.05, 0) is 6.42 Å². The molecule has 1 heteroatoms. The van der Waals surface area contributed by atoms with Gasteiger partial charge in [0.2, 0.25) is 0 Å². The van der Waals surface area contributed by atoms with E-state index in [4.69, 9.17) is 11.6 Å². The molecule has 0 aliphatic rings. The SMILES string of the molecule is CCCC.CCCCCl. The zero-order chi connectivity index (χ0) is 7.54. The van der Waals surface area contributed by atoms with Gasteiger partial charge in [0.1, 0.15) is 0 Å². The Kier molecular flexibility index (Phi) is 21.0. The molecule has 0 aliphatic carbocycles. The molecule has 0 aromatic rings. The van der Waals surface area contributed by atoms with Crippen LogP contribution < -0.4 is 0 Å². The molecule has 0 nitrogen and oxygen atoms in total. The summed E-state index contributed by atoms with van der Waals surface area (Å²) < 4.78 is 0. The van der Waals surface area contributed by atoms with Gasteiger partial charge >= 0.3 is 0 Å². The number of hydrogen-bond acceptors (Lipinski definition) is 0. The van der Waals surface area contributed by atoms with Crippen molar-refractivity contribution in [3.63, 3.8) is 0 Å². The summed E-state index contributed by atoms with van der Waals surface area (Å²) in [5.74, 6) is 0.816. The van der Waals surface area contributed by atoms with Crippen molar-refractivity contribution in [2.75, 3.05) is 5.88 Å². The van der Waals surface area contributed by atoms with Crippen LogP contribution in [0.3, 0.4) is 0 Å². The first-order valence-electron chi connectivity index (χ1n) is 3.89. The molecule has 0 atom stereocenters. The highest BCUT2D eigenvalue weighted by Gasteiger charge is 1.70. The molecule has 0 aromatic heterocycles. The molecule has 0 N–H and O–H groups in total. The van der Waals surface area contributed by atoms with E-state index in [1.807, 2.05) is 0 Å². The fraction of sp³-hybridized carbons (Fsp3) is 1.00. The van der Waals surface area contributed by atoms with Crippen LogP contribution in [0.4, 0.5) is 0 Å². The van der Waals surface area contributed by atoms with Crippen LogP contribution in [0.5, 0.6) is 0 Å². The molecule has 0 spiro atoms. The number of hydrogen-bond donors (Lipinski definition) is 0. The quantitative estimate of drug-likeness (QED) is 0.537. The molecule has 0 aromatic carbocycles. The van der Waals surface area contributed by atoms with Crippen LogP contribution in [0.2, 0.25) is 0 Å². The van der Waals surface area contributed by atoms with E-state index in [1.54, 1.807) is 0 Å². The molecule has 0 saturated carbocycles. The van der Waals surface area contributed by atoms with Crippen molar-refractivity contribution in [1.82, 2.24) is 0 Å². The van der Waals surface area contributed by atoms with Crippen LogP contribution in [0.1, 0.15) is 46.5 Å². The largest absolute Gasteiger partial charge is 0.127 e. The summed E-state index contributed by atoms with van der Waals surface area (Å²) in [6.45, 7) is 6.49. The van der Waals surface area contributed by atoms with Gasteiger partial charge in [0.05, 0.1) is 0 Å². The predicted octanol–water partition coefficient (Wildman–Crippen LogP) is 3.83. The fourth-order valence-corrected chi connectivity index (χ4v) is 0.401. The Bertz CT molecular complexity index is 23.7. The normalized spacial score (nSPS) is 8.00. The Morgan fingerprint density at radius 1 is 0.889 bits per heavy atom. The lowest BCUT2D eigenvalue weighted by Crippen LogP contribution is -1.65. The van der Waals surface area contributed by atoms with E-state index in [-0.39, 0.29) is 0 Å². The van der Waals surface area contributed by atoms with Gasteiger partial charge in [-0.3, -0.25) is 0 Å². The van der Waals surface area contributed by atoms with Crippen molar-refractivity contribution in [2.45, 2.75) is 46.5 Å². The Hall–Kier alpha value is 0.290. The second-order valence-electron chi connectivity index (χ2n) is 2.04. The summed E-state index contributed by atoms with van der Waals surface area (Å²) in [4.78, 5) is 0. The second-order valence-corrected chi connectivity index (χ2v) is 2.42. The molecule has 0 fully saturated rings. The van der Waals surface area contributed by atoms with E-state index < -0.39 is 0 Å². The molecule has 9 heavy (non-hydrogen) atoms. The smallest absolute Gasteiger partial charge is 0.0223 e. The van der Waals surface area contributed by atoms with E-state index in [9.17, 15) is 0 Å². The number of halogens is 1. The van der Waals surface area contributed by atoms with Crippen molar-refractivity contribution in [1.29, 1.82) is 0 Å². The zero-order valence-electron chi connectivity index (χ0n) is 6.91. The fourth-order valence-electron chi connectivity index (χ4n) is 0.134. The molecule has 0 heterocycles. The minimum absolute atomic E-state index is 0.816. The topological polar surface area (TPSA) is 0 Å². The van der Waals surface area contributed by atoms with E-state index in [0.717, 1.165) is 12.3 Å². The summed E-state index contributed by atoms with van der Waals surface area (Å²) in [5, 5.41) is 0. The molecule has 0 rings (SSSR count). The van der Waals surface area contributed by atoms with Gasteiger partial charge in [-0.1, -0.05) is 40.0 Å². The molecule has 0 unspecified atom stereocenters. The zero-order valence-corrected chi connectivity index (χ0v) is 7.67. The van der Waals surface area contributed by atoms with Crippen LogP contribution in [0.15, 0.2) is 0 Å². The Labute approximate surface area is 64.6 Å². The molecule has 0 radical (unpaired) electrons. The number of rotatable bonds is 3. The summed E-state index contributed by atoms with van der Waals surface area (Å²) >= 11 is 5.30. The van der Waals surface area contributed by atoms with Crippen LogP contribution in [-0.4, -0.2) is 5.88 Å². The molecule has 0 bridgehead atoms. The lowest BCUT2D eigenvalue weighted by molar-refractivity contribution is 0.886. The predicted molar refractivity (Wildman–Crippen MR) is 46.2 cm³/mol. The Balaban J connectivity index is 0. The third-order valence-electron chi connectivity index (χ3n) is 0.987. The molecule has 0 aliphatic heterocycles. The van der Waals surface area contributed by atoms with Gasteiger partial charge in [0.25, 0.3) is 0 Å². The average Bonchev–Trinajstić information content (AvgIpc) is 1.91. The van der Waals surface area contributed by atoms with Gasteiger partial charge in [0.15, 0.2) is 0 Å². The monoisotopic (exact) mass is 150 g/mol. The number of alkyl halides is 1. The standard InChI is InChI=1S/C4H9Cl.C4H10/c1-2-3-4-5;1-3-4-2/h2-4H2,1H3;3-4H2,1-2H3. The van der Waals surface area contributed by atoms with Crippen molar-refractivity contribution in [2.24, 2.45) is 0 Å². The third kappa shape index (κ3) is 30.3. The van der Waals surface area contributed by atoms with Crippen molar-refractivity contribution in [3.8, 4) is 0 Å². The van der Waals surface area contributed by atoms with Crippen LogP contribution in [0, 0.1) is 0 Å². The molecule has 0 saturated heterocycles. The van der Waals surface area contributed by atoms with Gasteiger partial charge < -0.3 is 0 Å². The van der Waals surface area contributed by atoms with E-state index in [1.165, 1.54) is 19.3 Å². The van der Waals surface area contributed by atoms with Crippen molar-refractivity contribution >= 4 is 11.6 Å². The first-order valence-corrected chi connectivity index (χ1v) is 4.42. The Morgan fingerprint density at radius 3 is 1.33 bits per heavy atom. The molecule has 0 amide bonds. The maximum atomic E-state index is 5.30. The van der Waals surface area contributed by atoms with E-state index in [2.05, 4.69) is 20.8 Å². The maximum Gasteiger partial charge on any atom is 0.0223 e. The lowest BCUT2D eigenvalue weighted by atomic mass is 10.4. The first-order chi connectivity index (χ1) is 4.33. The third-order valence-corrected chi connectivity index (χ3v) is 1.25. The van der Waals surface area contributed by atoms with Gasteiger partial charge in [0, 0.05) is 5.88 Å². The lowest BCUT2D eigenvalue weighted by Gasteiger charge is -1.77. The van der Waals surface area contributed by atoms with E-state index in [0.29, 0.717) is 0 Å². The van der Waals surface area contributed by atoms with Crippen LogP contribution in [0.25, 0.3) is 0 Å². The summed E-state index contributed by atoms with van der Waals surface area (Å²) in [6.07, 6.45) is 5.01. The highest BCUT2D eigenvalue weighted by atomic mass is 35.5. The minimum Gasteiger partial charge on any atom is -0.127 e. The van der Waals surface area contributed by atoms with Gasteiger partial charge in [-0.15, -0.1) is 11.6 Å². The second kappa shape index (κ2) is 15.7. The highest BCUT2D eigenvalue weighted by Crippen LogP contribution is 1.86. The number of unbranched alkanes of at least 4 members (excludes halogenated alkanes) is 2. The van der Waals surface area contributed by atoms with Gasteiger partial charge in [-0.25, -0.2) is 0 Å². The van der Waals surface area contributed by atoms with E-state index >= 15 is 0 Å². The summed E-state index contributed by atoms with van der Waals surface area (Å²) in [6, 6.07) is 0. The molecule has 58 valence electrons. The minimum atomic E-state index is 0.816. The summed E-state index contributed by atoms with van der Waals surface area (Å²) in [7, 11) is 0. The first kappa shape index (κ1) is 12.0. The average molecular weight is 151 g/mol. The van der Waals surface area contributed by atoms with Gasteiger partial charge in [-0.2, -0.15) is 0 Å². The van der Waals surface area contributed by atoms with Crippen molar-refractivity contribution < 1.29 is 0 Å². The molecular weight excluding hydrogens is 132 g/mol. The molecular formula is C8H19Cl. The van der Waals surface area contributed by atoms with Crippen LogP contribution >= 0.6 is 11.6 Å². The highest BCUT2D eigenvalue weighted by molar-refractivity contribution is 6.17. The van der Waals surface area contributed by atoms with Crippen molar-refractivity contribution in [3.05, 3.63) is 0 Å². The Morgan fingerprint density at radius 2 is 1.33 bits per heavy atom. The summed E-state index contributed by atoms with van der Waals surface area (Å²) in [5.41, 5.74) is 0.